The topological polar surface area (TPSA) is 61.4 Å². The van der Waals surface area contributed by atoms with Gasteiger partial charge in [0.15, 0.2) is 0 Å². The van der Waals surface area contributed by atoms with E-state index >= 15 is 0 Å². The van der Waals surface area contributed by atoms with Gasteiger partial charge in [-0.3, -0.25) is 0 Å². The fraction of sp³-hybridized carbons (Fsp3) is 0.350. The van der Waals surface area contributed by atoms with Gasteiger partial charge in [-0.15, -0.1) is 0 Å². The number of benzene rings is 1. The van der Waals surface area contributed by atoms with E-state index < -0.39 is 0 Å². The van der Waals surface area contributed by atoms with Gasteiger partial charge in [0.2, 0.25) is 5.88 Å². The number of aromatic amines is 1. The SMILES string of the molecule is COc1ccc(-c2ccc3[nH]cc(N4CCC(CO)CC4)c3c2)cn1. The molecule has 1 saturated heterocycles. The molecule has 25 heavy (non-hydrogen) atoms. The van der Waals surface area contributed by atoms with E-state index in [-0.39, 0.29) is 0 Å². The highest BCUT2D eigenvalue weighted by atomic mass is 16.5. The number of aromatic nitrogens is 2. The smallest absolute Gasteiger partial charge is 0.212 e. The van der Waals surface area contributed by atoms with Crippen molar-refractivity contribution in [3.8, 4) is 17.0 Å². The van der Waals surface area contributed by atoms with Crippen LogP contribution in [0.2, 0.25) is 0 Å². The van der Waals surface area contributed by atoms with Crippen molar-refractivity contribution in [2.45, 2.75) is 12.8 Å². The molecule has 1 fully saturated rings. The van der Waals surface area contributed by atoms with Crippen LogP contribution in [0, 0.1) is 5.92 Å². The Balaban J connectivity index is 1.65. The Hall–Kier alpha value is -2.53. The minimum absolute atomic E-state index is 0.302. The molecule has 130 valence electrons. The van der Waals surface area contributed by atoms with Crippen molar-refractivity contribution >= 4 is 16.6 Å². The third kappa shape index (κ3) is 3.07. The summed E-state index contributed by atoms with van der Waals surface area (Å²) in [5.41, 5.74) is 4.61. The first kappa shape index (κ1) is 16.0. The number of H-pyrrole nitrogens is 1. The van der Waals surface area contributed by atoms with E-state index in [4.69, 9.17) is 4.74 Å². The second-order valence-corrected chi connectivity index (χ2v) is 6.64. The molecule has 0 unspecified atom stereocenters. The van der Waals surface area contributed by atoms with Crippen LogP contribution in [0.4, 0.5) is 5.69 Å². The molecule has 1 aliphatic heterocycles. The minimum atomic E-state index is 0.302. The summed E-state index contributed by atoms with van der Waals surface area (Å²) in [6, 6.07) is 10.4. The summed E-state index contributed by atoms with van der Waals surface area (Å²) in [5, 5.41) is 10.6. The molecule has 0 aliphatic carbocycles. The minimum Gasteiger partial charge on any atom is -0.481 e. The summed E-state index contributed by atoms with van der Waals surface area (Å²) in [6.07, 6.45) is 6.04. The first-order chi connectivity index (χ1) is 12.3. The second-order valence-electron chi connectivity index (χ2n) is 6.64. The number of hydrogen-bond donors (Lipinski definition) is 2. The quantitative estimate of drug-likeness (QED) is 0.765. The number of methoxy groups -OCH3 is 1. The third-order valence-electron chi connectivity index (χ3n) is 5.15. The Bertz CT molecular complexity index is 849. The fourth-order valence-electron chi connectivity index (χ4n) is 3.58. The summed E-state index contributed by atoms with van der Waals surface area (Å²) in [5.74, 6) is 1.07. The molecule has 0 saturated carbocycles. The van der Waals surface area contributed by atoms with Gasteiger partial charge in [0, 0.05) is 54.6 Å². The summed E-state index contributed by atoms with van der Waals surface area (Å²) >= 11 is 0. The number of hydrogen-bond acceptors (Lipinski definition) is 4. The summed E-state index contributed by atoms with van der Waals surface area (Å²) in [4.78, 5) is 10.1. The molecule has 1 aromatic carbocycles. The monoisotopic (exact) mass is 337 g/mol. The van der Waals surface area contributed by atoms with Crippen LogP contribution in [0.5, 0.6) is 5.88 Å². The van der Waals surface area contributed by atoms with Crippen LogP contribution in [0.3, 0.4) is 0 Å². The Labute approximate surface area is 147 Å². The highest BCUT2D eigenvalue weighted by Crippen LogP contribution is 2.33. The van der Waals surface area contributed by atoms with Crippen molar-refractivity contribution in [3.63, 3.8) is 0 Å². The van der Waals surface area contributed by atoms with Gasteiger partial charge in [0.1, 0.15) is 0 Å². The van der Waals surface area contributed by atoms with E-state index in [1.54, 1.807) is 7.11 Å². The van der Waals surface area contributed by atoms with Gasteiger partial charge in [0.25, 0.3) is 0 Å². The van der Waals surface area contributed by atoms with Gasteiger partial charge in [-0.05, 0) is 42.5 Å². The van der Waals surface area contributed by atoms with Crippen LogP contribution >= 0.6 is 0 Å². The van der Waals surface area contributed by atoms with E-state index in [2.05, 4.69) is 39.3 Å². The first-order valence-electron chi connectivity index (χ1n) is 8.76. The normalized spacial score (nSPS) is 15.7. The second kappa shape index (κ2) is 6.76. The Morgan fingerprint density at radius 3 is 2.68 bits per heavy atom. The van der Waals surface area contributed by atoms with E-state index in [9.17, 15) is 5.11 Å². The Morgan fingerprint density at radius 2 is 2.00 bits per heavy atom. The van der Waals surface area contributed by atoms with Crippen molar-refractivity contribution in [2.24, 2.45) is 5.92 Å². The van der Waals surface area contributed by atoms with Gasteiger partial charge in [-0.2, -0.15) is 0 Å². The van der Waals surface area contributed by atoms with Crippen LogP contribution in [0.1, 0.15) is 12.8 Å². The standard InChI is InChI=1S/C20H23N3O2/c1-25-20-5-3-16(11-22-20)15-2-4-18-17(10-15)19(12-21-18)23-8-6-14(13-24)7-9-23/h2-5,10-12,14,21,24H,6-9,13H2,1H3. The van der Waals surface area contributed by atoms with E-state index in [1.165, 1.54) is 11.1 Å². The number of anilines is 1. The number of aliphatic hydroxyl groups excluding tert-OH is 1. The summed E-state index contributed by atoms with van der Waals surface area (Å²) < 4.78 is 5.14. The average molecular weight is 337 g/mol. The number of nitrogens with zero attached hydrogens (tertiary/aromatic N) is 2. The number of ether oxygens (including phenoxy) is 1. The van der Waals surface area contributed by atoms with E-state index in [0.717, 1.165) is 42.6 Å². The maximum Gasteiger partial charge on any atom is 0.212 e. The predicted molar refractivity (Wildman–Crippen MR) is 100 cm³/mol. The molecule has 0 spiro atoms. The van der Waals surface area contributed by atoms with Gasteiger partial charge < -0.3 is 19.7 Å². The molecule has 2 aromatic heterocycles. The molecule has 0 bridgehead atoms. The summed E-state index contributed by atoms with van der Waals surface area (Å²) in [6.45, 7) is 2.29. The molecule has 0 amide bonds. The number of aliphatic hydroxyl groups is 1. The number of fused-ring (bicyclic) bond motifs is 1. The van der Waals surface area contributed by atoms with Crippen LogP contribution in [0.15, 0.2) is 42.7 Å². The first-order valence-corrected chi connectivity index (χ1v) is 8.76. The molecule has 0 atom stereocenters. The van der Waals surface area contributed by atoms with Crippen LogP contribution in [0.25, 0.3) is 22.0 Å². The largest absolute Gasteiger partial charge is 0.481 e. The van der Waals surface area contributed by atoms with Crippen molar-refractivity contribution in [3.05, 3.63) is 42.7 Å². The van der Waals surface area contributed by atoms with Crippen molar-refractivity contribution in [2.75, 3.05) is 31.7 Å². The van der Waals surface area contributed by atoms with Gasteiger partial charge in [-0.1, -0.05) is 6.07 Å². The van der Waals surface area contributed by atoms with E-state index in [1.807, 2.05) is 18.3 Å². The maximum atomic E-state index is 9.34. The average Bonchev–Trinajstić information content (AvgIpc) is 3.11. The highest BCUT2D eigenvalue weighted by molar-refractivity contribution is 5.95. The number of rotatable bonds is 4. The third-order valence-corrected chi connectivity index (χ3v) is 5.15. The molecule has 1 aliphatic rings. The van der Waals surface area contributed by atoms with Crippen LogP contribution in [-0.2, 0) is 0 Å². The lowest BCUT2D eigenvalue weighted by atomic mass is 9.97. The summed E-state index contributed by atoms with van der Waals surface area (Å²) in [7, 11) is 1.63. The zero-order valence-corrected chi connectivity index (χ0v) is 14.4. The molecule has 3 aromatic rings. The Kier molecular flexibility index (Phi) is 4.32. The number of nitrogens with one attached hydrogen (secondary N) is 1. The van der Waals surface area contributed by atoms with Gasteiger partial charge in [0.05, 0.1) is 12.8 Å². The lowest BCUT2D eigenvalue weighted by Gasteiger charge is -2.32. The lowest BCUT2D eigenvalue weighted by Crippen LogP contribution is -2.34. The zero-order chi connectivity index (χ0) is 17.2. The van der Waals surface area contributed by atoms with Crippen LogP contribution in [-0.4, -0.2) is 41.9 Å². The predicted octanol–water partition coefficient (Wildman–Crippen LogP) is 3.45. The van der Waals surface area contributed by atoms with Crippen molar-refractivity contribution in [1.82, 2.24) is 9.97 Å². The maximum absolute atomic E-state index is 9.34. The molecule has 5 heteroatoms. The molecule has 2 N–H and O–H groups in total. The number of pyridine rings is 1. The van der Waals surface area contributed by atoms with E-state index in [0.29, 0.717) is 18.4 Å². The molecule has 3 heterocycles. The molecule has 0 radical (unpaired) electrons. The van der Waals surface area contributed by atoms with Crippen molar-refractivity contribution in [1.29, 1.82) is 0 Å². The highest BCUT2D eigenvalue weighted by Gasteiger charge is 2.20. The molecular weight excluding hydrogens is 314 g/mol. The zero-order valence-electron chi connectivity index (χ0n) is 14.4. The van der Waals surface area contributed by atoms with Gasteiger partial charge in [-0.25, -0.2) is 4.98 Å². The fourth-order valence-corrected chi connectivity index (χ4v) is 3.58. The molecular formula is C20H23N3O2. The lowest BCUT2D eigenvalue weighted by molar-refractivity contribution is 0.203. The molecule has 4 rings (SSSR count). The van der Waals surface area contributed by atoms with Crippen LogP contribution < -0.4 is 9.64 Å². The van der Waals surface area contributed by atoms with Gasteiger partial charge >= 0.3 is 0 Å². The Morgan fingerprint density at radius 1 is 1.20 bits per heavy atom. The molecule has 5 nitrogen and oxygen atoms in total. The number of piperidine rings is 1. The van der Waals surface area contributed by atoms with Crippen molar-refractivity contribution < 1.29 is 9.84 Å².